The number of aryl methyl sites for hydroxylation is 1. The van der Waals surface area contributed by atoms with Crippen molar-refractivity contribution in [2.24, 2.45) is 10.9 Å². The number of ether oxygens (including phenoxy) is 1. The summed E-state index contributed by atoms with van der Waals surface area (Å²) < 4.78 is 5.75. The van der Waals surface area contributed by atoms with E-state index in [1.165, 1.54) is 11.3 Å². The molecule has 1 aliphatic heterocycles. The maximum atomic E-state index is 13.1. The molecule has 2 atom stereocenters. The predicted octanol–water partition coefficient (Wildman–Crippen LogP) is 4.18. The number of pyridine rings is 1. The highest BCUT2D eigenvalue weighted by Crippen LogP contribution is 2.28. The van der Waals surface area contributed by atoms with Crippen molar-refractivity contribution in [1.82, 2.24) is 15.3 Å². The average Bonchev–Trinajstić information content (AvgIpc) is 3.25. The lowest BCUT2D eigenvalue weighted by Gasteiger charge is -2.27. The number of aromatic nitrogens is 2. The van der Waals surface area contributed by atoms with Gasteiger partial charge in [0.2, 0.25) is 0 Å². The molecule has 0 saturated carbocycles. The number of rotatable bonds is 6. The van der Waals surface area contributed by atoms with Crippen LogP contribution in [0.5, 0.6) is 0 Å². The summed E-state index contributed by atoms with van der Waals surface area (Å²) in [5, 5.41) is 3.19. The largest absolute Gasteiger partial charge is 0.453 e. The van der Waals surface area contributed by atoms with Crippen LogP contribution in [-0.4, -0.2) is 33.2 Å². The summed E-state index contributed by atoms with van der Waals surface area (Å²) in [7, 11) is 0. The first kappa shape index (κ1) is 22.1. The fourth-order valence-electron chi connectivity index (χ4n) is 3.17. The zero-order valence-corrected chi connectivity index (χ0v) is 19.3. The first-order valence-corrected chi connectivity index (χ1v) is 10.9. The quantitative estimate of drug-likeness (QED) is 0.694. The molecule has 1 N–H and O–H groups in total. The average molecular weight is 429 g/mol. The summed E-state index contributed by atoms with van der Waals surface area (Å²) in [6.07, 6.45) is 1.27. The van der Waals surface area contributed by atoms with Gasteiger partial charge >= 0.3 is 5.97 Å². The van der Waals surface area contributed by atoms with E-state index in [0.717, 1.165) is 16.1 Å². The number of carbonyl (C=O) groups excluding carboxylic acids is 2. The van der Waals surface area contributed by atoms with Gasteiger partial charge in [-0.3, -0.25) is 9.78 Å². The Balaban J connectivity index is 1.98. The zero-order chi connectivity index (χ0) is 22.2. The first-order valence-electron chi connectivity index (χ1n) is 10.1. The number of esters is 1. The van der Waals surface area contributed by atoms with Crippen LogP contribution >= 0.6 is 11.3 Å². The molecule has 30 heavy (non-hydrogen) atoms. The normalized spacial score (nSPS) is 19.8. The molecule has 0 bridgehead atoms. The molecule has 1 amide bonds. The molecule has 0 radical (unpaired) electrons. The highest BCUT2D eigenvalue weighted by Gasteiger charge is 2.43. The van der Waals surface area contributed by atoms with Crippen LogP contribution in [0.15, 0.2) is 22.8 Å². The molecule has 3 heterocycles. The minimum atomic E-state index is -0.831. The number of hydrogen-bond acceptors (Lipinski definition) is 7. The summed E-state index contributed by atoms with van der Waals surface area (Å²) in [5.74, 6) is -0.267. The van der Waals surface area contributed by atoms with Crippen LogP contribution in [-0.2, 0) is 9.53 Å². The van der Waals surface area contributed by atoms with E-state index < -0.39 is 17.6 Å². The highest BCUT2D eigenvalue weighted by atomic mass is 32.1. The summed E-state index contributed by atoms with van der Waals surface area (Å²) in [4.78, 5) is 39.5. The topological polar surface area (TPSA) is 93.5 Å². The van der Waals surface area contributed by atoms with Gasteiger partial charge in [0.1, 0.15) is 17.3 Å². The molecule has 2 unspecified atom stereocenters. The Labute approximate surface area is 181 Å². The molecule has 0 aliphatic carbocycles. The molecule has 0 fully saturated rings. The Bertz CT molecular complexity index is 1010. The molecule has 8 heteroatoms. The van der Waals surface area contributed by atoms with Gasteiger partial charge < -0.3 is 10.1 Å². The number of amidine groups is 1. The lowest BCUT2D eigenvalue weighted by atomic mass is 9.88. The second-order valence-electron chi connectivity index (χ2n) is 8.42. The molecule has 7 nitrogen and oxygen atoms in total. The van der Waals surface area contributed by atoms with Gasteiger partial charge in [-0.2, -0.15) is 4.99 Å². The molecule has 0 saturated heterocycles. The van der Waals surface area contributed by atoms with Gasteiger partial charge in [-0.1, -0.05) is 27.7 Å². The van der Waals surface area contributed by atoms with Crippen molar-refractivity contribution >= 4 is 29.0 Å². The second kappa shape index (κ2) is 8.26. The van der Waals surface area contributed by atoms with E-state index in [1.54, 1.807) is 17.8 Å². The Morgan fingerprint density at radius 3 is 2.43 bits per heavy atom. The Hall–Kier alpha value is -2.61. The van der Waals surface area contributed by atoms with E-state index in [4.69, 9.17) is 4.74 Å². The third kappa shape index (κ3) is 4.01. The fourth-order valence-corrected chi connectivity index (χ4v) is 3.96. The standard InChI is InChI=1S/C22H28N4O3S/c1-11(2)15-8-16(20(27)29-14(6)18-13(5)24-10-30-18)17(23-9-15)19-25-21(28)22(7,26-19)12(3)4/h8-12,14H,1-7H3,(H,25,26,28). The first-order chi connectivity index (χ1) is 14.0. The van der Waals surface area contributed by atoms with Gasteiger partial charge in [0.05, 0.1) is 21.6 Å². The van der Waals surface area contributed by atoms with Crippen molar-refractivity contribution in [1.29, 1.82) is 0 Å². The molecular weight excluding hydrogens is 400 g/mol. The SMILES string of the molecule is Cc1ncsc1C(C)OC(=O)c1cc(C(C)C)cnc1C1=NC(=O)C(C)(C(C)C)N1. The monoisotopic (exact) mass is 428 g/mol. The molecule has 0 aromatic carbocycles. The summed E-state index contributed by atoms with van der Waals surface area (Å²) in [5.41, 5.74) is 3.27. The lowest BCUT2D eigenvalue weighted by Crippen LogP contribution is -2.50. The predicted molar refractivity (Wildman–Crippen MR) is 117 cm³/mol. The van der Waals surface area contributed by atoms with Crippen LogP contribution in [0.4, 0.5) is 0 Å². The van der Waals surface area contributed by atoms with Crippen molar-refractivity contribution in [2.45, 2.75) is 66.0 Å². The van der Waals surface area contributed by atoms with Crippen LogP contribution in [0.2, 0.25) is 0 Å². The highest BCUT2D eigenvalue weighted by molar-refractivity contribution is 7.09. The van der Waals surface area contributed by atoms with E-state index in [1.807, 2.05) is 48.5 Å². The van der Waals surface area contributed by atoms with Gasteiger partial charge in [0, 0.05) is 6.20 Å². The van der Waals surface area contributed by atoms with E-state index in [0.29, 0.717) is 17.1 Å². The fraction of sp³-hybridized carbons (Fsp3) is 0.500. The Morgan fingerprint density at radius 2 is 1.90 bits per heavy atom. The number of nitrogens with zero attached hydrogens (tertiary/aromatic N) is 3. The smallest absolute Gasteiger partial charge is 0.341 e. The molecule has 0 spiro atoms. The molecule has 2 aromatic rings. The van der Waals surface area contributed by atoms with Gasteiger partial charge in [-0.05, 0) is 44.2 Å². The van der Waals surface area contributed by atoms with Crippen LogP contribution in [0.25, 0.3) is 0 Å². The maximum Gasteiger partial charge on any atom is 0.341 e. The third-order valence-electron chi connectivity index (χ3n) is 5.65. The number of amides is 1. The van der Waals surface area contributed by atoms with Crippen molar-refractivity contribution in [3.63, 3.8) is 0 Å². The van der Waals surface area contributed by atoms with Crippen molar-refractivity contribution in [3.8, 4) is 0 Å². The van der Waals surface area contributed by atoms with Crippen LogP contribution in [0.3, 0.4) is 0 Å². The number of thiazole rings is 1. The number of hydrogen-bond donors (Lipinski definition) is 1. The molecule has 2 aromatic heterocycles. The molecule has 1 aliphatic rings. The van der Waals surface area contributed by atoms with Gasteiger partial charge in [0.15, 0.2) is 5.84 Å². The number of nitrogens with one attached hydrogen (secondary N) is 1. The number of aliphatic imine (C=N–C) groups is 1. The zero-order valence-electron chi connectivity index (χ0n) is 18.4. The van der Waals surface area contributed by atoms with E-state index in [2.05, 4.69) is 20.3 Å². The third-order valence-corrected chi connectivity index (χ3v) is 6.74. The van der Waals surface area contributed by atoms with Gasteiger partial charge in [-0.25, -0.2) is 9.78 Å². The second-order valence-corrected chi connectivity index (χ2v) is 9.30. The van der Waals surface area contributed by atoms with E-state index in [9.17, 15) is 9.59 Å². The number of carbonyl (C=O) groups is 2. The van der Waals surface area contributed by atoms with Crippen molar-refractivity contribution in [3.05, 3.63) is 45.2 Å². The molecule has 3 rings (SSSR count). The summed E-state index contributed by atoms with van der Waals surface area (Å²) >= 11 is 1.45. The molecule has 160 valence electrons. The van der Waals surface area contributed by atoms with Crippen LogP contribution < -0.4 is 5.32 Å². The molecular formula is C22H28N4O3S. The lowest BCUT2D eigenvalue weighted by molar-refractivity contribution is -0.123. The maximum absolute atomic E-state index is 13.1. The minimum absolute atomic E-state index is 0.0194. The summed E-state index contributed by atoms with van der Waals surface area (Å²) in [6.45, 7) is 13.5. The van der Waals surface area contributed by atoms with Crippen molar-refractivity contribution < 1.29 is 14.3 Å². The Morgan fingerprint density at radius 1 is 1.20 bits per heavy atom. The summed E-state index contributed by atoms with van der Waals surface area (Å²) in [6, 6.07) is 1.78. The van der Waals surface area contributed by atoms with Gasteiger partial charge in [0.25, 0.3) is 5.91 Å². The van der Waals surface area contributed by atoms with Crippen LogP contribution in [0.1, 0.15) is 85.8 Å². The van der Waals surface area contributed by atoms with E-state index >= 15 is 0 Å². The van der Waals surface area contributed by atoms with E-state index in [-0.39, 0.29) is 17.7 Å². The van der Waals surface area contributed by atoms with Crippen molar-refractivity contribution in [2.75, 3.05) is 0 Å². The van der Waals surface area contributed by atoms with Gasteiger partial charge in [-0.15, -0.1) is 11.3 Å². The Kier molecular flexibility index (Phi) is 6.08. The van der Waals surface area contributed by atoms with Crippen LogP contribution in [0, 0.1) is 12.8 Å². The minimum Gasteiger partial charge on any atom is -0.453 e.